The van der Waals surface area contributed by atoms with Gasteiger partial charge in [-0.05, 0) is 68.2 Å². The molecule has 3 heterocycles. The summed E-state index contributed by atoms with van der Waals surface area (Å²) in [6.45, 7) is 11.3. The number of benzene rings is 1. The lowest BCUT2D eigenvalue weighted by molar-refractivity contribution is 0.0948. The third kappa shape index (κ3) is 6.13. The summed E-state index contributed by atoms with van der Waals surface area (Å²) < 4.78 is 28.0. The fraction of sp³-hybridized carbons (Fsp3) is 0.615. The number of nitrogens with zero attached hydrogens (tertiary/aromatic N) is 2. The van der Waals surface area contributed by atoms with Crippen LogP contribution in [0.3, 0.4) is 0 Å². The van der Waals surface area contributed by atoms with E-state index in [2.05, 4.69) is 36.0 Å². The number of aromatic amines is 1. The van der Waals surface area contributed by atoms with Gasteiger partial charge in [0.2, 0.25) is 15.6 Å². The van der Waals surface area contributed by atoms with Crippen LogP contribution in [-0.4, -0.2) is 67.8 Å². The van der Waals surface area contributed by atoms with Gasteiger partial charge in [-0.2, -0.15) is 4.31 Å². The number of nitrogens with one attached hydrogen (secondary N) is 2. The van der Waals surface area contributed by atoms with E-state index in [1.54, 1.807) is 6.07 Å². The van der Waals surface area contributed by atoms with Crippen molar-refractivity contribution < 1.29 is 13.2 Å². The number of amides is 1. The summed E-state index contributed by atoms with van der Waals surface area (Å²) >= 11 is 0. The topological polar surface area (TPSA) is 103 Å². The number of hydrogen-bond donors (Lipinski definition) is 2. The molecule has 2 N–H and O–H groups in total. The van der Waals surface area contributed by atoms with Crippen LogP contribution in [0.1, 0.15) is 56.8 Å². The van der Waals surface area contributed by atoms with Gasteiger partial charge in [-0.25, -0.2) is 8.42 Å². The monoisotopic (exact) mass is 502 g/mol. The first kappa shape index (κ1) is 25.9. The molecule has 8 nitrogen and oxygen atoms in total. The molecule has 0 radical (unpaired) electrons. The molecule has 0 unspecified atom stereocenters. The number of carbonyl (C=O) groups is 1. The average molecular weight is 503 g/mol. The Balaban J connectivity index is 1.48. The molecule has 1 amide bonds. The van der Waals surface area contributed by atoms with Crippen molar-refractivity contribution in [1.29, 1.82) is 0 Å². The number of sulfonamides is 1. The number of fused-ring (bicyclic) bond motifs is 1. The first-order valence-electron chi connectivity index (χ1n) is 12.8. The third-order valence-electron chi connectivity index (χ3n) is 7.32. The Labute approximate surface area is 208 Å². The molecule has 192 valence electrons. The van der Waals surface area contributed by atoms with Crippen molar-refractivity contribution in [3.05, 3.63) is 40.2 Å². The van der Waals surface area contributed by atoms with Crippen LogP contribution in [0.25, 0.3) is 10.9 Å². The SMILES string of the molecule is CC1CCN(S(=O)(=O)c2ccc3[nH]c(=O)cc(C(=O)NCCCN4C[C@@H](C)C[C@H](C)C4)c3c2)CC1. The zero-order valence-electron chi connectivity index (χ0n) is 21.0. The Hall–Kier alpha value is -2.23. The summed E-state index contributed by atoms with van der Waals surface area (Å²) in [5.74, 6) is 1.53. The van der Waals surface area contributed by atoms with Crippen LogP contribution in [0, 0.1) is 17.8 Å². The predicted octanol–water partition coefficient (Wildman–Crippen LogP) is 3.05. The van der Waals surface area contributed by atoms with E-state index >= 15 is 0 Å². The van der Waals surface area contributed by atoms with Crippen molar-refractivity contribution in [1.82, 2.24) is 19.5 Å². The molecular weight excluding hydrogens is 464 g/mol. The van der Waals surface area contributed by atoms with E-state index in [4.69, 9.17) is 0 Å². The van der Waals surface area contributed by atoms with Gasteiger partial charge in [0.1, 0.15) is 0 Å². The van der Waals surface area contributed by atoms with Gasteiger partial charge in [0.25, 0.3) is 5.91 Å². The summed E-state index contributed by atoms with van der Waals surface area (Å²) in [5.41, 5.74) is 0.262. The van der Waals surface area contributed by atoms with E-state index < -0.39 is 10.0 Å². The molecule has 0 bridgehead atoms. The van der Waals surface area contributed by atoms with Crippen LogP contribution in [-0.2, 0) is 10.0 Å². The molecule has 1 aromatic carbocycles. The molecule has 1 aromatic heterocycles. The minimum absolute atomic E-state index is 0.147. The molecule has 2 atom stereocenters. The highest BCUT2D eigenvalue weighted by Gasteiger charge is 2.28. The molecule has 0 spiro atoms. The molecule has 9 heteroatoms. The lowest BCUT2D eigenvalue weighted by Crippen LogP contribution is -2.40. The van der Waals surface area contributed by atoms with Crippen molar-refractivity contribution in [3.8, 4) is 0 Å². The number of H-pyrrole nitrogens is 1. The second-order valence-electron chi connectivity index (χ2n) is 10.7. The average Bonchev–Trinajstić information content (AvgIpc) is 2.80. The summed E-state index contributed by atoms with van der Waals surface area (Å²) in [6.07, 6.45) is 3.75. The van der Waals surface area contributed by atoms with Crippen molar-refractivity contribution in [2.45, 2.75) is 51.3 Å². The van der Waals surface area contributed by atoms with Gasteiger partial charge in [-0.15, -0.1) is 0 Å². The predicted molar refractivity (Wildman–Crippen MR) is 138 cm³/mol. The van der Waals surface area contributed by atoms with Crippen molar-refractivity contribution in [2.75, 3.05) is 39.3 Å². The smallest absolute Gasteiger partial charge is 0.252 e. The Morgan fingerprint density at radius 1 is 1.06 bits per heavy atom. The molecule has 0 aliphatic carbocycles. The molecule has 2 aliphatic heterocycles. The van der Waals surface area contributed by atoms with E-state index in [1.165, 1.54) is 28.9 Å². The normalized spacial score (nSPS) is 22.9. The Kier molecular flexibility index (Phi) is 7.98. The highest BCUT2D eigenvalue weighted by molar-refractivity contribution is 7.89. The minimum Gasteiger partial charge on any atom is -0.352 e. The van der Waals surface area contributed by atoms with Gasteiger partial charge in [0.05, 0.1) is 10.5 Å². The molecular formula is C26H38N4O4S. The first-order valence-corrected chi connectivity index (χ1v) is 14.2. The van der Waals surface area contributed by atoms with E-state index in [0.29, 0.717) is 48.3 Å². The molecule has 2 aliphatic rings. The van der Waals surface area contributed by atoms with Crippen LogP contribution in [0.2, 0.25) is 0 Å². The minimum atomic E-state index is -3.67. The van der Waals surface area contributed by atoms with Gasteiger partial charge in [-0.3, -0.25) is 9.59 Å². The van der Waals surface area contributed by atoms with Crippen LogP contribution in [0.5, 0.6) is 0 Å². The highest BCUT2D eigenvalue weighted by Crippen LogP contribution is 2.26. The van der Waals surface area contributed by atoms with Gasteiger partial charge in [0.15, 0.2) is 0 Å². The van der Waals surface area contributed by atoms with Crippen LogP contribution in [0.4, 0.5) is 0 Å². The van der Waals surface area contributed by atoms with Crippen LogP contribution < -0.4 is 10.9 Å². The molecule has 4 rings (SSSR count). The quantitative estimate of drug-likeness (QED) is 0.567. The second kappa shape index (κ2) is 10.8. The van der Waals surface area contributed by atoms with Gasteiger partial charge in [-0.1, -0.05) is 20.8 Å². The molecule has 0 saturated carbocycles. The van der Waals surface area contributed by atoms with E-state index in [1.807, 2.05) is 0 Å². The lowest BCUT2D eigenvalue weighted by Gasteiger charge is -2.34. The van der Waals surface area contributed by atoms with E-state index in [0.717, 1.165) is 38.9 Å². The largest absolute Gasteiger partial charge is 0.352 e. The van der Waals surface area contributed by atoms with Crippen molar-refractivity contribution in [3.63, 3.8) is 0 Å². The maximum atomic E-state index is 13.2. The van der Waals surface area contributed by atoms with Crippen LogP contribution >= 0.6 is 0 Å². The number of pyridine rings is 1. The number of likely N-dealkylation sites (tertiary alicyclic amines) is 1. The lowest BCUT2D eigenvalue weighted by atomic mass is 9.92. The maximum absolute atomic E-state index is 13.2. The number of rotatable bonds is 7. The van der Waals surface area contributed by atoms with Crippen molar-refractivity contribution >= 4 is 26.8 Å². The molecule has 35 heavy (non-hydrogen) atoms. The van der Waals surface area contributed by atoms with Gasteiger partial charge < -0.3 is 15.2 Å². The Morgan fingerprint density at radius 2 is 1.74 bits per heavy atom. The molecule has 2 aromatic rings. The second-order valence-corrected chi connectivity index (χ2v) is 12.6. The molecule has 2 saturated heterocycles. The first-order chi connectivity index (χ1) is 16.6. The summed E-state index contributed by atoms with van der Waals surface area (Å²) in [5, 5.41) is 3.37. The Morgan fingerprint density at radius 3 is 2.43 bits per heavy atom. The zero-order chi connectivity index (χ0) is 25.2. The van der Waals surface area contributed by atoms with Gasteiger partial charge in [0, 0.05) is 49.7 Å². The highest BCUT2D eigenvalue weighted by atomic mass is 32.2. The van der Waals surface area contributed by atoms with Crippen LogP contribution in [0.15, 0.2) is 34.0 Å². The van der Waals surface area contributed by atoms with E-state index in [-0.39, 0.29) is 21.9 Å². The fourth-order valence-electron chi connectivity index (χ4n) is 5.53. The number of aromatic nitrogens is 1. The fourth-order valence-corrected chi connectivity index (χ4v) is 7.03. The number of piperidine rings is 2. The van der Waals surface area contributed by atoms with E-state index in [9.17, 15) is 18.0 Å². The number of carbonyl (C=O) groups excluding carboxylic acids is 1. The Bertz CT molecular complexity index is 1210. The third-order valence-corrected chi connectivity index (χ3v) is 9.22. The summed E-state index contributed by atoms with van der Waals surface area (Å²) in [4.78, 5) is 30.5. The van der Waals surface area contributed by atoms with Crippen molar-refractivity contribution in [2.24, 2.45) is 17.8 Å². The zero-order valence-corrected chi connectivity index (χ0v) is 21.9. The summed E-state index contributed by atoms with van der Waals surface area (Å²) in [7, 11) is -3.67. The maximum Gasteiger partial charge on any atom is 0.252 e. The standard InChI is InChI=1S/C26H38N4O4S/c1-18-7-11-30(12-8-18)35(33,34)21-5-6-24-22(14-21)23(15-25(31)28-24)26(32)27-9-4-10-29-16-19(2)13-20(3)17-29/h5-6,14-15,18-20H,4,7-13,16-17H2,1-3H3,(H,27,32)(H,28,31)/t19-,20-/m0/s1. The molecule has 2 fully saturated rings. The summed E-state index contributed by atoms with van der Waals surface area (Å²) in [6, 6.07) is 5.86. The number of hydrogen-bond acceptors (Lipinski definition) is 5. The van der Waals surface area contributed by atoms with Gasteiger partial charge >= 0.3 is 0 Å².